The maximum absolute atomic E-state index is 11.6. The highest BCUT2D eigenvalue weighted by Crippen LogP contribution is 2.16. The molecule has 0 saturated carbocycles. The van der Waals surface area contributed by atoms with Gasteiger partial charge in [0.05, 0.1) is 6.10 Å². The van der Waals surface area contributed by atoms with Crippen LogP contribution in [0.15, 0.2) is 6.20 Å². The molecule has 17 heavy (non-hydrogen) atoms. The van der Waals surface area contributed by atoms with Gasteiger partial charge in [0.1, 0.15) is 6.61 Å². The number of aromatic nitrogens is 1. The van der Waals surface area contributed by atoms with Crippen LogP contribution in [0.5, 0.6) is 0 Å². The van der Waals surface area contributed by atoms with Gasteiger partial charge in [0, 0.05) is 11.1 Å². The summed E-state index contributed by atoms with van der Waals surface area (Å²) < 4.78 is 5.55. The zero-order valence-corrected chi connectivity index (χ0v) is 10.7. The Bertz CT molecular complexity index is 375. The van der Waals surface area contributed by atoms with Crippen molar-refractivity contribution in [2.75, 3.05) is 25.0 Å². The molecule has 1 aliphatic rings. The number of anilines is 1. The van der Waals surface area contributed by atoms with Crippen molar-refractivity contribution in [1.29, 1.82) is 0 Å². The van der Waals surface area contributed by atoms with Crippen LogP contribution in [0.1, 0.15) is 17.7 Å². The van der Waals surface area contributed by atoms with Crippen LogP contribution in [0.25, 0.3) is 0 Å². The summed E-state index contributed by atoms with van der Waals surface area (Å²) in [5.74, 6) is -0.127. The molecule has 1 amide bonds. The summed E-state index contributed by atoms with van der Waals surface area (Å²) in [6.07, 6.45) is 3.90. The Morgan fingerprint density at radius 2 is 2.41 bits per heavy atom. The zero-order chi connectivity index (χ0) is 12.1. The molecule has 1 fully saturated rings. The number of rotatable bonds is 4. The van der Waals surface area contributed by atoms with E-state index in [0.29, 0.717) is 5.13 Å². The molecular weight excluding hydrogens is 238 g/mol. The zero-order valence-electron chi connectivity index (χ0n) is 9.86. The van der Waals surface area contributed by atoms with E-state index >= 15 is 0 Å². The third-order valence-electron chi connectivity index (χ3n) is 2.60. The molecule has 0 bridgehead atoms. The Hall–Kier alpha value is -0.980. The molecule has 0 unspecified atom stereocenters. The number of hydrogen-bond donors (Lipinski definition) is 2. The van der Waals surface area contributed by atoms with E-state index in [-0.39, 0.29) is 18.6 Å². The Kier molecular flexibility index (Phi) is 4.47. The van der Waals surface area contributed by atoms with E-state index in [1.807, 2.05) is 6.92 Å². The van der Waals surface area contributed by atoms with Gasteiger partial charge in [-0.2, -0.15) is 0 Å². The first-order chi connectivity index (χ1) is 8.24. The van der Waals surface area contributed by atoms with Gasteiger partial charge in [-0.05, 0) is 32.9 Å². The van der Waals surface area contributed by atoms with Crippen LogP contribution in [0.2, 0.25) is 0 Å². The van der Waals surface area contributed by atoms with E-state index in [4.69, 9.17) is 4.74 Å². The number of ether oxygens (including phenoxy) is 1. The number of nitrogens with one attached hydrogen (secondary N) is 2. The van der Waals surface area contributed by atoms with Crippen molar-refractivity contribution in [3.63, 3.8) is 0 Å². The van der Waals surface area contributed by atoms with E-state index in [1.165, 1.54) is 11.3 Å². The van der Waals surface area contributed by atoms with Crippen LogP contribution < -0.4 is 10.6 Å². The van der Waals surface area contributed by atoms with Crippen molar-refractivity contribution >= 4 is 22.4 Å². The third-order valence-corrected chi connectivity index (χ3v) is 3.43. The van der Waals surface area contributed by atoms with Crippen molar-refractivity contribution in [2.45, 2.75) is 25.9 Å². The molecule has 0 atom stereocenters. The minimum absolute atomic E-state index is 0.114. The lowest BCUT2D eigenvalue weighted by molar-refractivity contribution is -0.123. The van der Waals surface area contributed by atoms with Crippen LogP contribution >= 0.6 is 11.3 Å². The van der Waals surface area contributed by atoms with Crippen molar-refractivity contribution in [3.05, 3.63) is 11.1 Å². The number of nitrogens with zero attached hydrogens (tertiary/aromatic N) is 1. The van der Waals surface area contributed by atoms with Crippen molar-refractivity contribution < 1.29 is 9.53 Å². The summed E-state index contributed by atoms with van der Waals surface area (Å²) in [5, 5.41) is 6.63. The normalized spacial score (nSPS) is 17.0. The second kappa shape index (κ2) is 6.09. The molecule has 2 rings (SSSR count). The minimum atomic E-state index is -0.127. The number of hydrogen-bond acceptors (Lipinski definition) is 5. The van der Waals surface area contributed by atoms with Crippen molar-refractivity contribution in [2.24, 2.45) is 0 Å². The van der Waals surface area contributed by atoms with Crippen LogP contribution in [0.3, 0.4) is 0 Å². The van der Waals surface area contributed by atoms with Gasteiger partial charge in [-0.3, -0.25) is 10.1 Å². The molecule has 0 aliphatic carbocycles. The molecular formula is C11H17N3O2S. The summed E-state index contributed by atoms with van der Waals surface area (Å²) in [7, 11) is 0. The monoisotopic (exact) mass is 255 g/mol. The van der Waals surface area contributed by atoms with E-state index in [2.05, 4.69) is 15.6 Å². The summed E-state index contributed by atoms with van der Waals surface area (Å²) >= 11 is 1.47. The van der Waals surface area contributed by atoms with E-state index < -0.39 is 0 Å². The maximum Gasteiger partial charge on any atom is 0.252 e. The molecule has 1 aromatic heterocycles. The molecule has 94 valence electrons. The Balaban J connectivity index is 1.70. The molecule has 2 N–H and O–H groups in total. The highest BCUT2D eigenvalue weighted by Gasteiger charge is 2.15. The molecule has 0 aromatic carbocycles. The number of carbonyl (C=O) groups excluding carboxylic acids is 1. The fourth-order valence-electron chi connectivity index (χ4n) is 1.72. The molecule has 0 radical (unpaired) electrons. The first kappa shape index (κ1) is 12.5. The summed E-state index contributed by atoms with van der Waals surface area (Å²) in [5.41, 5.74) is 0. The quantitative estimate of drug-likeness (QED) is 0.847. The fourth-order valence-corrected chi connectivity index (χ4v) is 2.40. The molecule has 6 heteroatoms. The van der Waals surface area contributed by atoms with Crippen LogP contribution in [0, 0.1) is 6.92 Å². The largest absolute Gasteiger partial charge is 0.368 e. The van der Waals surface area contributed by atoms with Gasteiger partial charge in [-0.25, -0.2) is 4.98 Å². The summed E-state index contributed by atoms with van der Waals surface area (Å²) in [6, 6.07) is 0. The van der Waals surface area contributed by atoms with Crippen molar-refractivity contribution in [3.8, 4) is 0 Å². The van der Waals surface area contributed by atoms with E-state index in [0.717, 1.165) is 30.8 Å². The lowest BCUT2D eigenvalue weighted by Gasteiger charge is -2.22. The number of thiazole rings is 1. The number of carbonyl (C=O) groups is 1. The first-order valence-electron chi connectivity index (χ1n) is 5.78. The standard InChI is InChI=1S/C11H17N3O2S/c1-8-6-13-11(17-8)14-10(15)7-16-9-2-4-12-5-3-9/h6,9,12H,2-5,7H2,1H3,(H,13,14,15). The fraction of sp³-hybridized carbons (Fsp3) is 0.636. The first-order valence-corrected chi connectivity index (χ1v) is 6.60. The van der Waals surface area contributed by atoms with Gasteiger partial charge in [0.25, 0.3) is 5.91 Å². The third kappa shape index (κ3) is 4.07. The molecule has 1 aromatic rings. The molecule has 0 spiro atoms. The average molecular weight is 255 g/mol. The highest BCUT2D eigenvalue weighted by atomic mass is 32.1. The van der Waals surface area contributed by atoms with Gasteiger partial charge in [0.15, 0.2) is 5.13 Å². The minimum Gasteiger partial charge on any atom is -0.368 e. The second-order valence-electron chi connectivity index (χ2n) is 4.08. The van der Waals surface area contributed by atoms with Crippen LogP contribution in [-0.4, -0.2) is 36.7 Å². The van der Waals surface area contributed by atoms with Crippen LogP contribution in [-0.2, 0) is 9.53 Å². The van der Waals surface area contributed by atoms with Gasteiger partial charge in [-0.15, -0.1) is 11.3 Å². The topological polar surface area (TPSA) is 63.2 Å². The highest BCUT2D eigenvalue weighted by molar-refractivity contribution is 7.15. The molecule has 1 aliphatic heterocycles. The Labute approximate surface area is 105 Å². The van der Waals surface area contributed by atoms with Crippen LogP contribution in [0.4, 0.5) is 5.13 Å². The Morgan fingerprint density at radius 3 is 3.06 bits per heavy atom. The lowest BCUT2D eigenvalue weighted by atomic mass is 10.1. The Morgan fingerprint density at radius 1 is 1.65 bits per heavy atom. The number of piperidine rings is 1. The lowest BCUT2D eigenvalue weighted by Crippen LogP contribution is -2.34. The summed E-state index contributed by atoms with van der Waals surface area (Å²) in [4.78, 5) is 16.7. The number of aryl methyl sites for hydroxylation is 1. The average Bonchev–Trinajstić information content (AvgIpc) is 2.73. The molecule has 5 nitrogen and oxygen atoms in total. The molecule has 1 saturated heterocycles. The maximum atomic E-state index is 11.6. The van der Waals surface area contributed by atoms with E-state index in [1.54, 1.807) is 6.20 Å². The predicted molar refractivity (Wildman–Crippen MR) is 67.3 cm³/mol. The van der Waals surface area contributed by atoms with Gasteiger partial charge in [0.2, 0.25) is 0 Å². The van der Waals surface area contributed by atoms with E-state index in [9.17, 15) is 4.79 Å². The second-order valence-corrected chi connectivity index (χ2v) is 5.32. The van der Waals surface area contributed by atoms with Gasteiger partial charge in [-0.1, -0.05) is 0 Å². The van der Waals surface area contributed by atoms with Gasteiger partial charge >= 0.3 is 0 Å². The smallest absolute Gasteiger partial charge is 0.252 e. The molecule has 2 heterocycles. The summed E-state index contributed by atoms with van der Waals surface area (Å²) in [6.45, 7) is 4.01. The van der Waals surface area contributed by atoms with Gasteiger partial charge < -0.3 is 10.1 Å². The SMILES string of the molecule is Cc1cnc(NC(=O)COC2CCNCC2)s1. The van der Waals surface area contributed by atoms with Crippen molar-refractivity contribution in [1.82, 2.24) is 10.3 Å². The predicted octanol–water partition coefficient (Wildman–Crippen LogP) is 1.16. The number of amides is 1.